The van der Waals surface area contributed by atoms with Crippen molar-refractivity contribution < 1.29 is 9.53 Å². The molecule has 0 aliphatic rings. The molecule has 0 saturated heterocycles. The van der Waals surface area contributed by atoms with Gasteiger partial charge in [-0.2, -0.15) is 0 Å². The first-order valence-corrected chi connectivity index (χ1v) is 6.91. The first-order chi connectivity index (χ1) is 10.1. The maximum absolute atomic E-state index is 12.5. The van der Waals surface area contributed by atoms with Crippen LogP contribution in [0.4, 0.5) is 0 Å². The van der Waals surface area contributed by atoms with Crippen LogP contribution in [0.15, 0.2) is 42.7 Å². The number of amides is 1. The van der Waals surface area contributed by atoms with Crippen molar-refractivity contribution in [2.45, 2.75) is 13.3 Å². The van der Waals surface area contributed by atoms with E-state index in [1.807, 2.05) is 44.3 Å². The Morgan fingerprint density at radius 2 is 1.95 bits per heavy atom. The third-order valence-corrected chi connectivity index (χ3v) is 3.42. The van der Waals surface area contributed by atoms with Crippen LogP contribution >= 0.6 is 0 Å². The van der Waals surface area contributed by atoms with Crippen molar-refractivity contribution in [3.05, 3.63) is 59.4 Å². The van der Waals surface area contributed by atoms with E-state index in [-0.39, 0.29) is 5.91 Å². The van der Waals surface area contributed by atoms with E-state index in [0.29, 0.717) is 17.9 Å². The van der Waals surface area contributed by atoms with E-state index in [0.717, 1.165) is 12.0 Å². The van der Waals surface area contributed by atoms with E-state index in [4.69, 9.17) is 4.74 Å². The molecule has 1 amide bonds. The standard InChI is InChI=1S/C17H20N2O2/c1-13-4-5-16(21-3)15(12-13)17(20)19(2)11-8-14-6-9-18-10-7-14/h4-7,9-10,12H,8,11H2,1-3H3. The van der Waals surface area contributed by atoms with E-state index >= 15 is 0 Å². The maximum Gasteiger partial charge on any atom is 0.257 e. The van der Waals surface area contributed by atoms with Gasteiger partial charge in [0.25, 0.3) is 5.91 Å². The smallest absolute Gasteiger partial charge is 0.257 e. The second-order valence-corrected chi connectivity index (χ2v) is 5.04. The van der Waals surface area contributed by atoms with Gasteiger partial charge in [-0.05, 0) is 43.2 Å². The van der Waals surface area contributed by atoms with Crippen LogP contribution in [0.25, 0.3) is 0 Å². The van der Waals surface area contributed by atoms with Crippen LogP contribution in [0.3, 0.4) is 0 Å². The molecular weight excluding hydrogens is 264 g/mol. The lowest BCUT2D eigenvalue weighted by Gasteiger charge is -2.19. The second kappa shape index (κ2) is 6.88. The van der Waals surface area contributed by atoms with Gasteiger partial charge in [-0.25, -0.2) is 0 Å². The van der Waals surface area contributed by atoms with E-state index in [1.165, 1.54) is 5.56 Å². The van der Waals surface area contributed by atoms with Gasteiger partial charge in [-0.3, -0.25) is 9.78 Å². The molecule has 2 rings (SSSR count). The largest absolute Gasteiger partial charge is 0.496 e. The first kappa shape index (κ1) is 15.0. The van der Waals surface area contributed by atoms with Crippen LogP contribution in [0.5, 0.6) is 5.75 Å². The number of nitrogens with zero attached hydrogens (tertiary/aromatic N) is 2. The lowest BCUT2D eigenvalue weighted by molar-refractivity contribution is 0.0793. The van der Waals surface area contributed by atoms with Crippen LogP contribution < -0.4 is 4.74 Å². The van der Waals surface area contributed by atoms with Gasteiger partial charge in [-0.1, -0.05) is 11.6 Å². The molecular formula is C17H20N2O2. The lowest BCUT2D eigenvalue weighted by atomic mass is 10.1. The molecule has 110 valence electrons. The zero-order chi connectivity index (χ0) is 15.2. The molecule has 0 aliphatic heterocycles. The van der Waals surface area contributed by atoms with Crippen molar-refractivity contribution in [2.75, 3.05) is 20.7 Å². The van der Waals surface area contributed by atoms with Crippen molar-refractivity contribution in [1.29, 1.82) is 0 Å². The van der Waals surface area contributed by atoms with E-state index in [9.17, 15) is 4.79 Å². The minimum Gasteiger partial charge on any atom is -0.496 e. The number of carbonyl (C=O) groups is 1. The number of likely N-dealkylation sites (N-methyl/N-ethyl adjacent to an activating group) is 1. The summed E-state index contributed by atoms with van der Waals surface area (Å²) < 4.78 is 5.28. The number of methoxy groups -OCH3 is 1. The molecule has 1 heterocycles. The average Bonchev–Trinajstić information content (AvgIpc) is 2.52. The van der Waals surface area contributed by atoms with Gasteiger partial charge in [0.15, 0.2) is 0 Å². The summed E-state index contributed by atoms with van der Waals surface area (Å²) in [5.74, 6) is 0.589. The van der Waals surface area contributed by atoms with Crippen LogP contribution in [0.1, 0.15) is 21.5 Å². The molecule has 4 heteroatoms. The number of hydrogen-bond acceptors (Lipinski definition) is 3. The van der Waals surface area contributed by atoms with Gasteiger partial charge in [0.2, 0.25) is 0 Å². The number of hydrogen-bond donors (Lipinski definition) is 0. The van der Waals surface area contributed by atoms with Gasteiger partial charge in [-0.15, -0.1) is 0 Å². The maximum atomic E-state index is 12.5. The molecule has 0 unspecified atom stereocenters. The number of aromatic nitrogens is 1. The van der Waals surface area contributed by atoms with Gasteiger partial charge in [0.05, 0.1) is 12.7 Å². The second-order valence-electron chi connectivity index (χ2n) is 5.04. The molecule has 21 heavy (non-hydrogen) atoms. The van der Waals surface area contributed by atoms with Crippen molar-refractivity contribution in [3.63, 3.8) is 0 Å². The highest BCUT2D eigenvalue weighted by Gasteiger charge is 2.16. The van der Waals surface area contributed by atoms with Crippen molar-refractivity contribution in [2.24, 2.45) is 0 Å². The molecule has 0 saturated carbocycles. The molecule has 0 fully saturated rings. The normalized spacial score (nSPS) is 10.2. The summed E-state index contributed by atoms with van der Waals surface area (Å²) in [5.41, 5.74) is 2.82. The minimum atomic E-state index is -0.0235. The Morgan fingerprint density at radius 3 is 2.62 bits per heavy atom. The predicted octanol–water partition coefficient (Wildman–Crippen LogP) is 2.71. The number of rotatable bonds is 5. The third kappa shape index (κ3) is 3.81. The fraction of sp³-hybridized carbons (Fsp3) is 0.294. The minimum absolute atomic E-state index is 0.0235. The SMILES string of the molecule is COc1ccc(C)cc1C(=O)N(C)CCc1ccncc1. The Hall–Kier alpha value is -2.36. The molecule has 0 radical (unpaired) electrons. The van der Waals surface area contributed by atoms with Gasteiger partial charge >= 0.3 is 0 Å². The van der Waals surface area contributed by atoms with Crippen LogP contribution in [0, 0.1) is 6.92 Å². The number of aryl methyl sites for hydroxylation is 1. The summed E-state index contributed by atoms with van der Waals surface area (Å²) in [5, 5.41) is 0. The molecule has 2 aromatic rings. The molecule has 0 bridgehead atoms. The Balaban J connectivity index is 2.07. The Labute approximate surface area is 125 Å². The summed E-state index contributed by atoms with van der Waals surface area (Å²) in [6, 6.07) is 9.56. The Bertz CT molecular complexity index is 611. The predicted molar refractivity (Wildman–Crippen MR) is 82.6 cm³/mol. The number of carbonyl (C=O) groups excluding carboxylic acids is 1. The van der Waals surface area contributed by atoms with Gasteiger partial charge < -0.3 is 9.64 Å². The first-order valence-electron chi connectivity index (χ1n) is 6.91. The van der Waals surface area contributed by atoms with Crippen molar-refractivity contribution >= 4 is 5.91 Å². The van der Waals surface area contributed by atoms with E-state index in [2.05, 4.69) is 4.98 Å². The Kier molecular flexibility index (Phi) is 4.93. The average molecular weight is 284 g/mol. The summed E-state index contributed by atoms with van der Waals surface area (Å²) in [7, 11) is 3.39. The highest BCUT2D eigenvalue weighted by atomic mass is 16.5. The number of ether oxygens (including phenoxy) is 1. The fourth-order valence-corrected chi connectivity index (χ4v) is 2.14. The van der Waals surface area contributed by atoms with Crippen LogP contribution in [0.2, 0.25) is 0 Å². The molecule has 4 nitrogen and oxygen atoms in total. The third-order valence-electron chi connectivity index (χ3n) is 3.42. The quantitative estimate of drug-likeness (QED) is 0.848. The lowest BCUT2D eigenvalue weighted by Crippen LogP contribution is -2.29. The molecule has 1 aromatic heterocycles. The fourth-order valence-electron chi connectivity index (χ4n) is 2.14. The number of pyridine rings is 1. The van der Waals surface area contributed by atoms with Crippen LogP contribution in [-0.2, 0) is 6.42 Å². The highest BCUT2D eigenvalue weighted by Crippen LogP contribution is 2.21. The van der Waals surface area contributed by atoms with Gasteiger partial charge in [0.1, 0.15) is 5.75 Å². The van der Waals surface area contributed by atoms with E-state index < -0.39 is 0 Å². The summed E-state index contributed by atoms with van der Waals surface area (Å²) >= 11 is 0. The van der Waals surface area contributed by atoms with Crippen LogP contribution in [-0.4, -0.2) is 36.5 Å². The summed E-state index contributed by atoms with van der Waals surface area (Å²) in [6.07, 6.45) is 4.33. The topological polar surface area (TPSA) is 42.4 Å². The van der Waals surface area contributed by atoms with Crippen molar-refractivity contribution in [1.82, 2.24) is 9.88 Å². The molecule has 0 aliphatic carbocycles. The summed E-state index contributed by atoms with van der Waals surface area (Å²) in [6.45, 7) is 2.62. The number of benzene rings is 1. The molecule has 0 N–H and O–H groups in total. The van der Waals surface area contributed by atoms with Crippen molar-refractivity contribution in [3.8, 4) is 5.75 Å². The highest BCUT2D eigenvalue weighted by molar-refractivity contribution is 5.97. The van der Waals surface area contributed by atoms with E-state index in [1.54, 1.807) is 24.4 Å². The molecule has 0 atom stereocenters. The van der Waals surface area contributed by atoms with Gasteiger partial charge in [0, 0.05) is 26.0 Å². The monoisotopic (exact) mass is 284 g/mol. The zero-order valence-electron chi connectivity index (χ0n) is 12.7. The Morgan fingerprint density at radius 1 is 1.24 bits per heavy atom. The zero-order valence-corrected chi connectivity index (χ0v) is 12.7. The molecule has 0 spiro atoms. The molecule has 1 aromatic carbocycles. The summed E-state index contributed by atoms with van der Waals surface area (Å²) in [4.78, 5) is 18.2.